The summed E-state index contributed by atoms with van der Waals surface area (Å²) in [4.78, 5) is 12.4. The fourth-order valence-electron chi connectivity index (χ4n) is 2.44. The first-order valence-electron chi connectivity index (χ1n) is 7.19. The van der Waals surface area contributed by atoms with Crippen molar-refractivity contribution < 1.29 is 9.53 Å². The first-order valence-corrected chi connectivity index (χ1v) is 7.19. The molecule has 21 heavy (non-hydrogen) atoms. The molecule has 0 unspecified atom stereocenters. The van der Waals surface area contributed by atoms with Crippen molar-refractivity contribution in [2.24, 2.45) is 0 Å². The van der Waals surface area contributed by atoms with Crippen molar-refractivity contribution in [1.82, 2.24) is 0 Å². The van der Waals surface area contributed by atoms with E-state index in [0.717, 1.165) is 28.0 Å². The molecular weight excluding hydrogens is 260 g/mol. The fraction of sp³-hybridized carbons (Fsp3) is 0.316. The number of Topliss-reactive ketones (excluding diaryl/α,β-unsaturated/α-hetero) is 1. The number of rotatable bonds is 4. The van der Waals surface area contributed by atoms with Gasteiger partial charge < -0.3 is 4.74 Å². The Morgan fingerprint density at radius 1 is 0.857 bits per heavy atom. The van der Waals surface area contributed by atoms with Gasteiger partial charge in [-0.2, -0.15) is 0 Å². The molecule has 0 aliphatic rings. The molecule has 0 spiro atoms. The predicted molar refractivity (Wildman–Crippen MR) is 86.4 cm³/mol. The van der Waals surface area contributed by atoms with Crippen LogP contribution < -0.4 is 4.74 Å². The van der Waals surface area contributed by atoms with Gasteiger partial charge in [0, 0.05) is 5.56 Å². The Morgan fingerprint density at radius 2 is 1.52 bits per heavy atom. The average molecular weight is 282 g/mol. The highest BCUT2D eigenvalue weighted by Gasteiger charge is 2.12. The van der Waals surface area contributed by atoms with Crippen molar-refractivity contribution >= 4 is 5.78 Å². The summed E-state index contributed by atoms with van der Waals surface area (Å²) in [5, 5.41) is 0. The Bertz CT molecular complexity index is 684. The molecule has 0 aliphatic carbocycles. The molecule has 0 aliphatic heterocycles. The highest BCUT2D eigenvalue weighted by atomic mass is 16.5. The van der Waals surface area contributed by atoms with Gasteiger partial charge in [0.25, 0.3) is 0 Å². The summed E-state index contributed by atoms with van der Waals surface area (Å²) < 4.78 is 5.68. The molecule has 0 saturated heterocycles. The molecule has 110 valence electrons. The van der Waals surface area contributed by atoms with Crippen LogP contribution in [-0.4, -0.2) is 12.4 Å². The second-order valence-corrected chi connectivity index (χ2v) is 5.73. The van der Waals surface area contributed by atoms with E-state index < -0.39 is 0 Å². The summed E-state index contributed by atoms with van der Waals surface area (Å²) in [5.74, 6) is 0.797. The first-order chi connectivity index (χ1) is 9.88. The normalized spacial score (nSPS) is 10.5. The summed E-state index contributed by atoms with van der Waals surface area (Å²) in [6.07, 6.45) is 0. The zero-order valence-corrected chi connectivity index (χ0v) is 13.4. The fourth-order valence-corrected chi connectivity index (χ4v) is 2.44. The first kappa shape index (κ1) is 15.3. The molecule has 2 aromatic rings. The molecule has 0 amide bonds. The molecule has 0 bridgehead atoms. The van der Waals surface area contributed by atoms with E-state index in [1.54, 1.807) is 0 Å². The Labute approximate surface area is 126 Å². The van der Waals surface area contributed by atoms with Crippen molar-refractivity contribution in [3.8, 4) is 5.75 Å². The van der Waals surface area contributed by atoms with Gasteiger partial charge in [-0.15, -0.1) is 0 Å². The third kappa shape index (κ3) is 3.52. The Hall–Kier alpha value is -2.09. The van der Waals surface area contributed by atoms with Crippen molar-refractivity contribution in [2.45, 2.75) is 34.6 Å². The number of ketones is 1. The minimum atomic E-state index is 0.0237. The lowest BCUT2D eigenvalue weighted by atomic mass is 9.98. The molecule has 0 saturated carbocycles. The molecule has 0 heterocycles. The topological polar surface area (TPSA) is 26.3 Å². The summed E-state index contributed by atoms with van der Waals surface area (Å²) in [6, 6.07) is 9.98. The summed E-state index contributed by atoms with van der Waals surface area (Å²) >= 11 is 0. The highest BCUT2D eigenvalue weighted by Crippen LogP contribution is 2.20. The van der Waals surface area contributed by atoms with E-state index in [-0.39, 0.29) is 12.4 Å². The van der Waals surface area contributed by atoms with E-state index in [1.807, 2.05) is 45.9 Å². The van der Waals surface area contributed by atoms with Gasteiger partial charge in [-0.25, -0.2) is 0 Å². The van der Waals surface area contributed by atoms with Crippen LogP contribution in [0.2, 0.25) is 0 Å². The largest absolute Gasteiger partial charge is 0.485 e. The second kappa shape index (κ2) is 6.13. The van der Waals surface area contributed by atoms with E-state index in [4.69, 9.17) is 4.74 Å². The van der Waals surface area contributed by atoms with E-state index in [1.165, 1.54) is 11.1 Å². The van der Waals surface area contributed by atoms with E-state index >= 15 is 0 Å². The lowest BCUT2D eigenvalue weighted by molar-refractivity contribution is 0.0920. The SMILES string of the molecule is Cc1ccc(OCC(=O)c2cc(C)c(C)cc2C)c(C)c1. The Morgan fingerprint density at radius 3 is 2.19 bits per heavy atom. The number of aryl methyl sites for hydroxylation is 5. The van der Waals surface area contributed by atoms with Crippen LogP contribution in [0.4, 0.5) is 0 Å². The molecular formula is C19H22O2. The zero-order valence-electron chi connectivity index (χ0n) is 13.4. The van der Waals surface area contributed by atoms with Crippen LogP contribution in [0, 0.1) is 34.6 Å². The molecule has 0 aromatic heterocycles. The van der Waals surface area contributed by atoms with Crippen molar-refractivity contribution in [3.63, 3.8) is 0 Å². The van der Waals surface area contributed by atoms with Crippen LogP contribution in [0.3, 0.4) is 0 Å². The quantitative estimate of drug-likeness (QED) is 0.772. The number of ether oxygens (including phenoxy) is 1. The number of benzene rings is 2. The van der Waals surface area contributed by atoms with Gasteiger partial charge in [0.15, 0.2) is 12.4 Å². The van der Waals surface area contributed by atoms with Gasteiger partial charge in [0.1, 0.15) is 5.75 Å². The number of hydrogen-bond donors (Lipinski definition) is 0. The van der Waals surface area contributed by atoms with Gasteiger partial charge >= 0.3 is 0 Å². The maximum Gasteiger partial charge on any atom is 0.200 e. The molecule has 0 fully saturated rings. The molecule has 0 atom stereocenters. The van der Waals surface area contributed by atoms with Crippen molar-refractivity contribution in [3.05, 3.63) is 63.7 Å². The Kier molecular flexibility index (Phi) is 4.46. The monoisotopic (exact) mass is 282 g/mol. The van der Waals surface area contributed by atoms with Crippen LogP contribution in [0.25, 0.3) is 0 Å². The lowest BCUT2D eigenvalue weighted by Crippen LogP contribution is -2.14. The van der Waals surface area contributed by atoms with E-state index in [0.29, 0.717) is 0 Å². The summed E-state index contributed by atoms with van der Waals surface area (Å²) in [5.41, 5.74) is 6.35. The van der Waals surface area contributed by atoms with Crippen LogP contribution in [0.1, 0.15) is 38.2 Å². The second-order valence-electron chi connectivity index (χ2n) is 5.73. The molecule has 0 N–H and O–H groups in total. The van der Waals surface area contributed by atoms with Gasteiger partial charge in [-0.3, -0.25) is 4.79 Å². The third-order valence-corrected chi connectivity index (χ3v) is 3.83. The molecule has 0 radical (unpaired) electrons. The van der Waals surface area contributed by atoms with Crippen LogP contribution in [-0.2, 0) is 0 Å². The standard InChI is InChI=1S/C19H22O2/c1-12-6-7-19(16(5)8-12)21-11-18(20)17-10-14(3)13(2)9-15(17)4/h6-10H,11H2,1-5H3. The van der Waals surface area contributed by atoms with Crippen LogP contribution in [0.15, 0.2) is 30.3 Å². The number of carbonyl (C=O) groups is 1. The van der Waals surface area contributed by atoms with Gasteiger partial charge in [0.2, 0.25) is 0 Å². The molecule has 2 nitrogen and oxygen atoms in total. The average Bonchev–Trinajstić information content (AvgIpc) is 2.41. The Balaban J connectivity index is 2.13. The molecule has 2 aromatic carbocycles. The molecule has 2 rings (SSSR count). The van der Waals surface area contributed by atoms with E-state index in [2.05, 4.69) is 19.1 Å². The van der Waals surface area contributed by atoms with Gasteiger partial charge in [-0.1, -0.05) is 23.8 Å². The minimum Gasteiger partial charge on any atom is -0.485 e. The summed E-state index contributed by atoms with van der Waals surface area (Å²) in [6.45, 7) is 10.2. The maximum atomic E-state index is 12.4. The highest BCUT2D eigenvalue weighted by molar-refractivity contribution is 5.98. The maximum absolute atomic E-state index is 12.4. The van der Waals surface area contributed by atoms with Crippen molar-refractivity contribution in [2.75, 3.05) is 6.61 Å². The zero-order chi connectivity index (χ0) is 15.6. The molecule has 2 heteroatoms. The lowest BCUT2D eigenvalue weighted by Gasteiger charge is -2.12. The van der Waals surface area contributed by atoms with Gasteiger partial charge in [-0.05, 0) is 69.0 Å². The van der Waals surface area contributed by atoms with Crippen molar-refractivity contribution in [1.29, 1.82) is 0 Å². The third-order valence-electron chi connectivity index (χ3n) is 3.83. The number of hydrogen-bond acceptors (Lipinski definition) is 2. The number of carbonyl (C=O) groups excluding carboxylic acids is 1. The van der Waals surface area contributed by atoms with E-state index in [9.17, 15) is 4.79 Å². The smallest absolute Gasteiger partial charge is 0.200 e. The van der Waals surface area contributed by atoms with Crippen LogP contribution >= 0.6 is 0 Å². The van der Waals surface area contributed by atoms with Crippen LogP contribution in [0.5, 0.6) is 5.75 Å². The summed E-state index contributed by atoms with van der Waals surface area (Å²) in [7, 11) is 0. The minimum absolute atomic E-state index is 0.0237. The van der Waals surface area contributed by atoms with Gasteiger partial charge in [0.05, 0.1) is 0 Å². The predicted octanol–water partition coefficient (Wildman–Crippen LogP) is 4.49.